The molecule has 0 aliphatic carbocycles. The predicted molar refractivity (Wildman–Crippen MR) is 87.8 cm³/mol. The molecular weight excluding hydrogens is 607 g/mol. The van der Waals surface area contributed by atoms with Crippen molar-refractivity contribution in [2.24, 2.45) is 0 Å². The molecule has 1 aromatic carbocycles. The van der Waals surface area contributed by atoms with Crippen LogP contribution in [0.1, 0.15) is 18.4 Å². The van der Waals surface area contributed by atoms with Gasteiger partial charge in [0.2, 0.25) is 0 Å². The van der Waals surface area contributed by atoms with E-state index in [1.807, 2.05) is 0 Å². The van der Waals surface area contributed by atoms with Crippen LogP contribution in [0.2, 0.25) is 0 Å². The van der Waals surface area contributed by atoms with E-state index in [0.717, 1.165) is 0 Å². The van der Waals surface area contributed by atoms with Gasteiger partial charge in [0.25, 0.3) is 0 Å². The van der Waals surface area contributed by atoms with Gasteiger partial charge in [0.05, 0.1) is 0 Å². The third-order valence-electron chi connectivity index (χ3n) is 4.66. The molecule has 204 valence electrons. The summed E-state index contributed by atoms with van der Waals surface area (Å²) in [5.74, 6) is -56.0. The largest absolute Gasteiger partial charge is 0.460 e. The topological polar surface area (TPSA) is 0 Å². The quantitative estimate of drug-likeness (QED) is 0.231. The molecule has 0 bridgehead atoms. The van der Waals surface area contributed by atoms with E-state index in [2.05, 4.69) is 15.9 Å². The Morgan fingerprint density at radius 3 is 1.20 bits per heavy atom. The van der Waals surface area contributed by atoms with Gasteiger partial charge in [-0.2, -0.15) is 74.6 Å². The fourth-order valence-corrected chi connectivity index (χ4v) is 2.78. The summed E-state index contributed by atoms with van der Waals surface area (Å²) in [6.07, 6.45) is -12.0. The molecule has 18 heteroatoms. The fourth-order valence-electron chi connectivity index (χ4n) is 2.52. The van der Waals surface area contributed by atoms with Gasteiger partial charge in [-0.15, -0.1) is 0 Å². The summed E-state index contributed by atoms with van der Waals surface area (Å²) in [5, 5.41) is 0. The van der Waals surface area contributed by atoms with Crippen LogP contribution in [0.15, 0.2) is 28.7 Å². The minimum absolute atomic E-state index is 0.116. The van der Waals surface area contributed by atoms with Crippen molar-refractivity contribution in [2.45, 2.75) is 66.9 Å². The molecule has 0 nitrogen and oxygen atoms in total. The zero-order valence-corrected chi connectivity index (χ0v) is 17.8. The van der Waals surface area contributed by atoms with Crippen LogP contribution in [0.5, 0.6) is 0 Å². The number of hydrogen-bond acceptors (Lipinski definition) is 0. The summed E-state index contributed by atoms with van der Waals surface area (Å²) >= 11 is 2.97. The van der Waals surface area contributed by atoms with Gasteiger partial charge in [0.1, 0.15) is 0 Å². The maximum Gasteiger partial charge on any atom is 0.460 e. The summed E-state index contributed by atoms with van der Waals surface area (Å²) in [4.78, 5) is 0. The van der Waals surface area contributed by atoms with E-state index in [0.29, 0.717) is 4.47 Å². The monoisotopic (exact) mass is 616 g/mol. The number of halogens is 18. The molecule has 0 saturated heterocycles. The van der Waals surface area contributed by atoms with E-state index in [1.54, 1.807) is 0 Å². The average Bonchev–Trinajstić information content (AvgIpc) is 2.67. The second-order valence-electron chi connectivity index (χ2n) is 7.13. The molecule has 0 atom stereocenters. The van der Waals surface area contributed by atoms with Crippen molar-refractivity contribution in [2.75, 3.05) is 0 Å². The summed E-state index contributed by atoms with van der Waals surface area (Å²) in [5.41, 5.74) is 0.116. The van der Waals surface area contributed by atoms with Gasteiger partial charge in [0, 0.05) is 10.9 Å². The van der Waals surface area contributed by atoms with Crippen LogP contribution in [0.3, 0.4) is 0 Å². The molecule has 0 aliphatic rings. The van der Waals surface area contributed by atoms with E-state index >= 15 is 0 Å². The molecule has 0 spiro atoms. The second-order valence-corrected chi connectivity index (χ2v) is 8.04. The van der Waals surface area contributed by atoms with Crippen LogP contribution in [-0.2, 0) is 6.42 Å². The zero-order valence-electron chi connectivity index (χ0n) is 16.2. The first-order chi connectivity index (χ1) is 15.2. The normalized spacial score (nSPS) is 15.5. The van der Waals surface area contributed by atoms with Crippen molar-refractivity contribution in [3.63, 3.8) is 0 Å². The lowest BCUT2D eigenvalue weighted by Crippen LogP contribution is -2.74. The molecule has 35 heavy (non-hydrogen) atoms. The molecule has 1 rings (SSSR count). The molecule has 0 fully saturated rings. The van der Waals surface area contributed by atoms with Crippen LogP contribution in [0.25, 0.3) is 0 Å². The molecule has 0 radical (unpaired) electrons. The Morgan fingerprint density at radius 1 is 0.486 bits per heavy atom. The predicted octanol–water partition coefficient (Wildman–Crippen LogP) is 8.78. The van der Waals surface area contributed by atoms with Gasteiger partial charge in [-0.3, -0.25) is 0 Å². The molecule has 0 saturated carbocycles. The van der Waals surface area contributed by atoms with Crippen LogP contribution in [0, 0.1) is 0 Å². The van der Waals surface area contributed by atoms with E-state index < -0.39 is 66.9 Å². The van der Waals surface area contributed by atoms with Crippen molar-refractivity contribution in [3.8, 4) is 0 Å². The van der Waals surface area contributed by atoms with Crippen LogP contribution < -0.4 is 0 Å². The Hall–Kier alpha value is -1.49. The molecular formula is C17H10BrF17. The summed E-state index contributed by atoms with van der Waals surface area (Å²) < 4.78 is 224. The van der Waals surface area contributed by atoms with Crippen molar-refractivity contribution < 1.29 is 74.6 Å². The highest BCUT2D eigenvalue weighted by molar-refractivity contribution is 9.10. The molecule has 0 aromatic heterocycles. The van der Waals surface area contributed by atoms with Crippen molar-refractivity contribution in [1.29, 1.82) is 0 Å². The number of rotatable bonds is 10. The minimum atomic E-state index is -8.60. The Bertz CT molecular complexity index is 870. The van der Waals surface area contributed by atoms with E-state index in [-0.39, 0.29) is 5.56 Å². The number of hydrogen-bond donors (Lipinski definition) is 0. The summed E-state index contributed by atoms with van der Waals surface area (Å²) in [6.45, 7) is 0. The first-order valence-corrected chi connectivity index (χ1v) is 9.47. The highest BCUT2D eigenvalue weighted by Gasteiger charge is 2.95. The Labute approximate surface area is 192 Å². The van der Waals surface area contributed by atoms with Crippen molar-refractivity contribution >= 4 is 15.9 Å². The van der Waals surface area contributed by atoms with Crippen molar-refractivity contribution in [3.05, 3.63) is 34.3 Å². The Morgan fingerprint density at radius 2 is 0.829 bits per heavy atom. The SMILES string of the molecule is FC(F)(F)C(F)(F)C(F)(F)C(F)(F)C(F)(F)C(F)(F)C(F)(F)C(F)(F)CCCc1ccc(Br)cc1. The fraction of sp³-hybridized carbons (Fsp3) is 0.647. The minimum Gasteiger partial charge on any atom is -0.200 e. The van der Waals surface area contributed by atoms with Crippen LogP contribution >= 0.6 is 15.9 Å². The van der Waals surface area contributed by atoms with E-state index in [4.69, 9.17) is 0 Å². The summed E-state index contributed by atoms with van der Waals surface area (Å²) in [6, 6.07) is 5.06. The van der Waals surface area contributed by atoms with Crippen LogP contribution in [-0.4, -0.2) is 47.6 Å². The maximum absolute atomic E-state index is 13.8. The third kappa shape index (κ3) is 4.91. The maximum atomic E-state index is 13.8. The molecule has 1 aromatic rings. The first-order valence-electron chi connectivity index (χ1n) is 8.68. The smallest absolute Gasteiger partial charge is 0.200 e. The Kier molecular flexibility index (Phi) is 8.21. The molecule has 0 amide bonds. The molecule has 0 aliphatic heterocycles. The van der Waals surface area contributed by atoms with Gasteiger partial charge in [-0.1, -0.05) is 28.1 Å². The zero-order chi connectivity index (χ0) is 28.1. The highest BCUT2D eigenvalue weighted by atomic mass is 79.9. The Balaban J connectivity index is 3.34. The van der Waals surface area contributed by atoms with Gasteiger partial charge in [-0.05, 0) is 30.5 Å². The first kappa shape index (κ1) is 31.5. The van der Waals surface area contributed by atoms with Gasteiger partial charge < -0.3 is 0 Å². The average molecular weight is 617 g/mol. The van der Waals surface area contributed by atoms with Gasteiger partial charge >= 0.3 is 47.6 Å². The number of aryl methyl sites for hydroxylation is 1. The number of alkyl halides is 17. The summed E-state index contributed by atoms with van der Waals surface area (Å²) in [7, 11) is 0. The second kappa shape index (κ2) is 9.11. The lowest BCUT2D eigenvalue weighted by Gasteiger charge is -2.42. The highest BCUT2D eigenvalue weighted by Crippen LogP contribution is 2.64. The molecule has 0 unspecified atom stereocenters. The lowest BCUT2D eigenvalue weighted by atomic mass is 9.87. The van der Waals surface area contributed by atoms with Crippen molar-refractivity contribution in [1.82, 2.24) is 0 Å². The standard InChI is InChI=1S/C17H10BrF17/c18-9-5-3-8(4-6-9)2-1-7-10(19,20)11(21,22)12(23,24)13(25,26)14(27,28)15(29,30)16(31,32)17(33,34)35/h3-6H,1-2,7H2. The molecule has 0 heterocycles. The van der Waals surface area contributed by atoms with Gasteiger partial charge in [-0.25, -0.2) is 0 Å². The molecule has 0 N–H and O–H groups in total. The third-order valence-corrected chi connectivity index (χ3v) is 5.19. The number of benzene rings is 1. The van der Waals surface area contributed by atoms with E-state index in [1.165, 1.54) is 24.3 Å². The van der Waals surface area contributed by atoms with Gasteiger partial charge in [0.15, 0.2) is 0 Å². The van der Waals surface area contributed by atoms with Crippen LogP contribution in [0.4, 0.5) is 74.6 Å². The lowest BCUT2D eigenvalue weighted by molar-refractivity contribution is -0.461. The van der Waals surface area contributed by atoms with E-state index in [9.17, 15) is 74.6 Å².